The van der Waals surface area contributed by atoms with Crippen molar-refractivity contribution in [2.24, 2.45) is 0 Å². The highest BCUT2D eigenvalue weighted by Gasteiger charge is 2.19. The predicted molar refractivity (Wildman–Crippen MR) is 74.5 cm³/mol. The number of thiazole rings is 1. The van der Waals surface area contributed by atoms with Gasteiger partial charge in [-0.3, -0.25) is 9.59 Å². The van der Waals surface area contributed by atoms with Crippen LogP contribution in [0.2, 0.25) is 0 Å². The molecule has 0 unspecified atom stereocenters. The van der Waals surface area contributed by atoms with Gasteiger partial charge in [-0.15, -0.1) is 11.3 Å². The second-order valence-electron chi connectivity index (χ2n) is 4.71. The van der Waals surface area contributed by atoms with Crippen molar-refractivity contribution in [1.29, 1.82) is 0 Å². The molecule has 1 aromatic rings. The Labute approximate surface area is 116 Å². The molecule has 1 aliphatic carbocycles. The van der Waals surface area contributed by atoms with Crippen LogP contribution in [0.5, 0.6) is 0 Å². The molecule has 0 aromatic carbocycles. The van der Waals surface area contributed by atoms with E-state index in [1.165, 1.54) is 30.6 Å². The first-order chi connectivity index (χ1) is 9.20. The molecular weight excluding hydrogens is 262 g/mol. The molecule has 0 aliphatic heterocycles. The van der Waals surface area contributed by atoms with Crippen molar-refractivity contribution >= 4 is 23.2 Å². The van der Waals surface area contributed by atoms with Crippen LogP contribution in [0, 0.1) is 0 Å². The highest BCUT2D eigenvalue weighted by atomic mass is 32.1. The van der Waals surface area contributed by atoms with E-state index in [4.69, 9.17) is 0 Å². The van der Waals surface area contributed by atoms with Crippen LogP contribution in [-0.4, -0.2) is 29.4 Å². The fourth-order valence-corrected chi connectivity index (χ4v) is 2.94. The number of rotatable bonds is 4. The summed E-state index contributed by atoms with van der Waals surface area (Å²) in [7, 11) is 0. The molecule has 1 saturated carbocycles. The third kappa shape index (κ3) is 3.76. The number of carbonyl (C=O) groups is 2. The zero-order valence-corrected chi connectivity index (χ0v) is 11.9. The van der Waals surface area contributed by atoms with Gasteiger partial charge in [0.05, 0.1) is 0 Å². The van der Waals surface area contributed by atoms with Crippen molar-refractivity contribution in [3.63, 3.8) is 0 Å². The van der Waals surface area contributed by atoms with Crippen LogP contribution in [0.15, 0.2) is 5.38 Å². The zero-order chi connectivity index (χ0) is 13.7. The van der Waals surface area contributed by atoms with Crippen LogP contribution in [0.3, 0.4) is 0 Å². The summed E-state index contributed by atoms with van der Waals surface area (Å²) in [6, 6.07) is 0.260. The Balaban J connectivity index is 1.93. The average molecular weight is 281 g/mol. The Morgan fingerprint density at radius 2 is 2.05 bits per heavy atom. The van der Waals surface area contributed by atoms with Gasteiger partial charge in [-0.05, 0) is 19.8 Å². The molecule has 2 N–H and O–H groups in total. The maximum atomic E-state index is 12.0. The predicted octanol–water partition coefficient (Wildman–Crippen LogP) is 1.96. The minimum Gasteiger partial charge on any atom is -0.350 e. The van der Waals surface area contributed by atoms with Gasteiger partial charge in [-0.25, -0.2) is 4.98 Å². The normalized spacial score (nSPS) is 16.1. The van der Waals surface area contributed by atoms with Crippen molar-refractivity contribution in [3.8, 4) is 0 Å². The van der Waals surface area contributed by atoms with Crippen LogP contribution < -0.4 is 10.6 Å². The molecule has 1 aromatic heterocycles. The fraction of sp³-hybridized carbons (Fsp3) is 0.615. The second kappa shape index (κ2) is 6.65. The molecule has 2 rings (SSSR count). The van der Waals surface area contributed by atoms with Crippen molar-refractivity contribution in [1.82, 2.24) is 15.6 Å². The molecule has 2 amide bonds. The lowest BCUT2D eigenvalue weighted by Crippen LogP contribution is -2.36. The van der Waals surface area contributed by atoms with Crippen molar-refractivity contribution in [3.05, 3.63) is 16.1 Å². The minimum atomic E-state index is -0.218. The van der Waals surface area contributed by atoms with E-state index in [9.17, 15) is 9.59 Å². The first kappa shape index (κ1) is 14.0. The van der Waals surface area contributed by atoms with Crippen molar-refractivity contribution < 1.29 is 9.59 Å². The van der Waals surface area contributed by atoms with E-state index in [-0.39, 0.29) is 17.9 Å². The van der Waals surface area contributed by atoms with Gasteiger partial charge in [0.15, 0.2) is 5.01 Å². The quantitative estimate of drug-likeness (QED) is 0.886. The number of carbonyl (C=O) groups excluding carboxylic acids is 2. The van der Waals surface area contributed by atoms with Gasteiger partial charge >= 0.3 is 0 Å². The Morgan fingerprint density at radius 1 is 1.32 bits per heavy atom. The van der Waals surface area contributed by atoms with Gasteiger partial charge in [0.1, 0.15) is 5.69 Å². The third-order valence-electron chi connectivity index (χ3n) is 3.21. The largest absolute Gasteiger partial charge is 0.350 e. The Bertz CT molecular complexity index is 452. The summed E-state index contributed by atoms with van der Waals surface area (Å²) >= 11 is 1.20. The maximum absolute atomic E-state index is 12.0. The monoisotopic (exact) mass is 281 g/mol. The van der Waals surface area contributed by atoms with E-state index >= 15 is 0 Å². The van der Waals surface area contributed by atoms with Gasteiger partial charge in [-0.2, -0.15) is 0 Å². The summed E-state index contributed by atoms with van der Waals surface area (Å²) in [4.78, 5) is 27.7. The highest BCUT2D eigenvalue weighted by molar-refractivity contribution is 7.11. The lowest BCUT2D eigenvalue weighted by Gasteiger charge is -2.22. The Morgan fingerprint density at radius 3 is 2.74 bits per heavy atom. The number of hydrogen-bond donors (Lipinski definition) is 2. The van der Waals surface area contributed by atoms with Gasteiger partial charge < -0.3 is 10.6 Å². The van der Waals surface area contributed by atoms with Crippen LogP contribution in [0.4, 0.5) is 0 Å². The molecule has 0 spiro atoms. The summed E-state index contributed by atoms with van der Waals surface area (Å²) in [5.74, 6) is -0.386. The summed E-state index contributed by atoms with van der Waals surface area (Å²) in [6.45, 7) is 2.41. The van der Waals surface area contributed by atoms with E-state index in [1.54, 1.807) is 5.38 Å². The molecule has 104 valence electrons. The zero-order valence-electron chi connectivity index (χ0n) is 11.1. The van der Waals surface area contributed by atoms with Crippen LogP contribution >= 0.6 is 11.3 Å². The standard InChI is InChI=1S/C13H19N3O2S/c1-2-14-12(18)13-16-10(8-19-13)11(17)15-9-6-4-3-5-7-9/h8-9H,2-7H2,1H3,(H,14,18)(H,15,17). The SMILES string of the molecule is CCNC(=O)c1nc(C(=O)NC2CCCCC2)cs1. The summed E-state index contributed by atoms with van der Waals surface area (Å²) in [5, 5.41) is 7.65. The van der Waals surface area contributed by atoms with Gasteiger partial charge in [0, 0.05) is 18.0 Å². The summed E-state index contributed by atoms with van der Waals surface area (Å²) < 4.78 is 0. The molecule has 6 heteroatoms. The molecule has 0 bridgehead atoms. The molecular formula is C13H19N3O2S. The van der Waals surface area contributed by atoms with Crippen molar-refractivity contribution in [2.45, 2.75) is 45.1 Å². The van der Waals surface area contributed by atoms with Crippen LogP contribution in [0.25, 0.3) is 0 Å². The molecule has 1 aliphatic rings. The fourth-order valence-electron chi connectivity index (χ4n) is 2.22. The first-order valence-electron chi connectivity index (χ1n) is 6.75. The Kier molecular flexibility index (Phi) is 4.90. The van der Waals surface area contributed by atoms with Crippen LogP contribution in [-0.2, 0) is 0 Å². The third-order valence-corrected chi connectivity index (χ3v) is 4.05. The van der Waals surface area contributed by atoms with Crippen molar-refractivity contribution in [2.75, 3.05) is 6.54 Å². The smallest absolute Gasteiger partial charge is 0.280 e. The molecule has 5 nitrogen and oxygen atoms in total. The van der Waals surface area contributed by atoms with E-state index in [0.717, 1.165) is 12.8 Å². The molecule has 0 radical (unpaired) electrons. The lowest BCUT2D eigenvalue weighted by molar-refractivity contribution is 0.0923. The first-order valence-corrected chi connectivity index (χ1v) is 7.63. The number of aromatic nitrogens is 1. The van der Waals surface area contributed by atoms with E-state index < -0.39 is 0 Å². The molecule has 0 atom stereocenters. The second-order valence-corrected chi connectivity index (χ2v) is 5.56. The van der Waals surface area contributed by atoms with Crippen LogP contribution in [0.1, 0.15) is 59.3 Å². The number of hydrogen-bond acceptors (Lipinski definition) is 4. The number of nitrogens with one attached hydrogen (secondary N) is 2. The molecule has 19 heavy (non-hydrogen) atoms. The molecule has 1 heterocycles. The summed E-state index contributed by atoms with van der Waals surface area (Å²) in [5.41, 5.74) is 0.344. The van der Waals surface area contributed by atoms with Gasteiger partial charge in [0.2, 0.25) is 0 Å². The van der Waals surface area contributed by atoms with E-state index in [2.05, 4.69) is 15.6 Å². The molecule has 1 fully saturated rings. The summed E-state index contributed by atoms with van der Waals surface area (Å²) in [6.07, 6.45) is 5.68. The van der Waals surface area contributed by atoms with Gasteiger partial charge in [-0.1, -0.05) is 19.3 Å². The van der Waals surface area contributed by atoms with E-state index in [0.29, 0.717) is 17.2 Å². The number of nitrogens with zero attached hydrogens (tertiary/aromatic N) is 1. The van der Waals surface area contributed by atoms with E-state index in [1.807, 2.05) is 6.92 Å². The topological polar surface area (TPSA) is 71.1 Å². The molecule has 0 saturated heterocycles. The average Bonchev–Trinajstić information content (AvgIpc) is 2.90. The maximum Gasteiger partial charge on any atom is 0.280 e. The Hall–Kier alpha value is -1.43. The lowest BCUT2D eigenvalue weighted by atomic mass is 9.95. The van der Waals surface area contributed by atoms with Gasteiger partial charge in [0.25, 0.3) is 11.8 Å². The number of amides is 2. The minimum absolute atomic E-state index is 0.168. The highest BCUT2D eigenvalue weighted by Crippen LogP contribution is 2.18.